The smallest absolute Gasteiger partial charge is 0.150 e. The van der Waals surface area contributed by atoms with Crippen molar-refractivity contribution < 1.29 is 9.90 Å². The number of aryl methyl sites for hydroxylation is 1. The van der Waals surface area contributed by atoms with Crippen LogP contribution in [0.5, 0.6) is 5.75 Å². The molecule has 1 heterocycles. The fourth-order valence-electron chi connectivity index (χ4n) is 3.18. The summed E-state index contributed by atoms with van der Waals surface area (Å²) in [4.78, 5) is 11.0. The maximum absolute atomic E-state index is 11.0. The SMILES string of the molecule is Cc1cn(-c2c(O)ccc3cc(C=O)ccc23)c2ccccc12. The van der Waals surface area contributed by atoms with Gasteiger partial charge < -0.3 is 9.67 Å². The molecule has 4 aromatic rings. The number of aromatic hydroxyl groups is 1. The average Bonchev–Trinajstić information content (AvgIpc) is 2.91. The molecule has 4 rings (SSSR count). The minimum atomic E-state index is 0.220. The number of aldehydes is 1. The van der Waals surface area contributed by atoms with Crippen molar-refractivity contribution in [3.63, 3.8) is 0 Å². The van der Waals surface area contributed by atoms with Gasteiger partial charge in [-0.25, -0.2) is 0 Å². The number of phenols is 1. The molecule has 0 atom stereocenters. The third kappa shape index (κ3) is 2.01. The molecule has 0 radical (unpaired) electrons. The monoisotopic (exact) mass is 301 g/mol. The number of nitrogens with zero attached hydrogens (tertiary/aromatic N) is 1. The van der Waals surface area contributed by atoms with Gasteiger partial charge in [-0.2, -0.15) is 0 Å². The van der Waals surface area contributed by atoms with E-state index in [9.17, 15) is 9.90 Å². The van der Waals surface area contributed by atoms with Crippen LogP contribution >= 0.6 is 0 Å². The summed E-state index contributed by atoms with van der Waals surface area (Å²) < 4.78 is 2.02. The van der Waals surface area contributed by atoms with Crippen molar-refractivity contribution in [2.24, 2.45) is 0 Å². The van der Waals surface area contributed by atoms with Crippen LogP contribution in [0.1, 0.15) is 15.9 Å². The quantitative estimate of drug-likeness (QED) is 0.549. The van der Waals surface area contributed by atoms with Gasteiger partial charge in [0, 0.05) is 22.5 Å². The van der Waals surface area contributed by atoms with Crippen molar-refractivity contribution in [2.75, 3.05) is 0 Å². The van der Waals surface area contributed by atoms with Crippen molar-refractivity contribution in [1.29, 1.82) is 0 Å². The van der Waals surface area contributed by atoms with Gasteiger partial charge in [0.1, 0.15) is 12.0 Å². The molecular formula is C20H15NO2. The molecule has 3 heteroatoms. The standard InChI is InChI=1S/C20H15NO2/c1-13-11-21(18-5-3-2-4-16(13)18)20-17-8-6-14(12-22)10-15(17)7-9-19(20)23/h2-12,23H,1H3. The fourth-order valence-corrected chi connectivity index (χ4v) is 3.18. The normalized spacial score (nSPS) is 11.2. The van der Waals surface area contributed by atoms with E-state index < -0.39 is 0 Å². The summed E-state index contributed by atoms with van der Waals surface area (Å²) in [6.07, 6.45) is 2.87. The Morgan fingerprint density at radius 1 is 1.00 bits per heavy atom. The van der Waals surface area contributed by atoms with Crippen molar-refractivity contribution >= 4 is 28.0 Å². The number of aromatic nitrogens is 1. The molecular weight excluding hydrogens is 286 g/mol. The van der Waals surface area contributed by atoms with Crippen LogP contribution in [0.15, 0.2) is 60.8 Å². The molecule has 0 aliphatic carbocycles. The van der Waals surface area contributed by atoms with Crippen LogP contribution in [0.3, 0.4) is 0 Å². The Labute approximate surface area is 133 Å². The zero-order chi connectivity index (χ0) is 16.0. The van der Waals surface area contributed by atoms with Gasteiger partial charge in [-0.1, -0.05) is 36.4 Å². The molecule has 0 aliphatic heterocycles. The molecule has 0 bridgehead atoms. The number of para-hydroxylation sites is 1. The summed E-state index contributed by atoms with van der Waals surface area (Å²) in [6.45, 7) is 2.06. The number of fused-ring (bicyclic) bond motifs is 2. The Balaban J connectivity index is 2.11. The van der Waals surface area contributed by atoms with E-state index in [1.807, 2.05) is 47.2 Å². The molecule has 112 valence electrons. The van der Waals surface area contributed by atoms with Crippen molar-refractivity contribution in [2.45, 2.75) is 6.92 Å². The molecule has 0 aliphatic rings. The first kappa shape index (κ1) is 13.6. The number of phenolic OH excluding ortho intramolecular Hbond substituents is 1. The van der Waals surface area contributed by atoms with E-state index in [4.69, 9.17) is 0 Å². The molecule has 0 unspecified atom stereocenters. The Bertz CT molecular complexity index is 1060. The van der Waals surface area contributed by atoms with Crippen molar-refractivity contribution in [3.8, 4) is 11.4 Å². The first-order chi connectivity index (χ1) is 11.2. The van der Waals surface area contributed by atoms with Crippen LogP contribution in [-0.2, 0) is 0 Å². The summed E-state index contributed by atoms with van der Waals surface area (Å²) in [6, 6.07) is 17.1. The van der Waals surface area contributed by atoms with Gasteiger partial charge in [0.2, 0.25) is 0 Å². The molecule has 3 aromatic carbocycles. The second kappa shape index (κ2) is 4.99. The summed E-state index contributed by atoms with van der Waals surface area (Å²) in [7, 11) is 0. The van der Waals surface area contributed by atoms with Gasteiger partial charge in [-0.05, 0) is 36.1 Å². The third-order valence-corrected chi connectivity index (χ3v) is 4.28. The van der Waals surface area contributed by atoms with E-state index in [2.05, 4.69) is 13.0 Å². The van der Waals surface area contributed by atoms with Gasteiger partial charge in [0.25, 0.3) is 0 Å². The Hall–Kier alpha value is -3.07. The van der Waals surface area contributed by atoms with E-state index in [0.717, 1.165) is 39.2 Å². The molecule has 3 nitrogen and oxygen atoms in total. The molecule has 0 saturated carbocycles. The van der Waals surface area contributed by atoms with Crippen molar-refractivity contribution in [1.82, 2.24) is 4.57 Å². The predicted molar refractivity (Wildman–Crippen MR) is 92.6 cm³/mol. The number of benzene rings is 3. The summed E-state index contributed by atoms with van der Waals surface area (Å²) in [5.41, 5.74) is 3.57. The van der Waals surface area contributed by atoms with E-state index >= 15 is 0 Å². The number of hydrogen-bond donors (Lipinski definition) is 1. The van der Waals surface area contributed by atoms with Gasteiger partial charge in [-0.15, -0.1) is 0 Å². The number of carbonyl (C=O) groups excluding carboxylic acids is 1. The maximum atomic E-state index is 11.0. The molecule has 0 saturated heterocycles. The van der Waals surface area contributed by atoms with E-state index in [1.54, 1.807) is 12.1 Å². The highest BCUT2D eigenvalue weighted by Crippen LogP contribution is 2.35. The average molecular weight is 301 g/mol. The second-order valence-corrected chi connectivity index (χ2v) is 5.73. The summed E-state index contributed by atoms with van der Waals surface area (Å²) in [5, 5.41) is 13.5. The molecule has 1 N–H and O–H groups in total. The third-order valence-electron chi connectivity index (χ3n) is 4.28. The summed E-state index contributed by atoms with van der Waals surface area (Å²) in [5.74, 6) is 0.220. The number of hydrogen-bond acceptors (Lipinski definition) is 2. The van der Waals surface area contributed by atoms with Crippen LogP contribution < -0.4 is 0 Å². The van der Waals surface area contributed by atoms with E-state index in [-0.39, 0.29) is 5.75 Å². The molecule has 23 heavy (non-hydrogen) atoms. The topological polar surface area (TPSA) is 42.2 Å². The zero-order valence-corrected chi connectivity index (χ0v) is 12.7. The molecule has 1 aromatic heterocycles. The minimum absolute atomic E-state index is 0.220. The highest BCUT2D eigenvalue weighted by Gasteiger charge is 2.13. The van der Waals surface area contributed by atoms with E-state index in [0.29, 0.717) is 5.56 Å². The van der Waals surface area contributed by atoms with Gasteiger partial charge in [0.15, 0.2) is 0 Å². The zero-order valence-electron chi connectivity index (χ0n) is 12.7. The Kier molecular flexibility index (Phi) is 2.95. The maximum Gasteiger partial charge on any atom is 0.150 e. The highest BCUT2D eigenvalue weighted by atomic mass is 16.3. The predicted octanol–water partition coefficient (Wildman–Crippen LogP) is 4.61. The van der Waals surface area contributed by atoms with Crippen LogP contribution in [0, 0.1) is 6.92 Å². The lowest BCUT2D eigenvalue weighted by molar-refractivity contribution is 0.112. The van der Waals surface area contributed by atoms with Crippen molar-refractivity contribution in [3.05, 3.63) is 71.9 Å². The lowest BCUT2D eigenvalue weighted by Crippen LogP contribution is -1.95. The lowest BCUT2D eigenvalue weighted by Gasteiger charge is -2.12. The Morgan fingerprint density at radius 2 is 1.83 bits per heavy atom. The molecule has 0 fully saturated rings. The first-order valence-corrected chi connectivity index (χ1v) is 7.47. The Morgan fingerprint density at radius 3 is 2.65 bits per heavy atom. The minimum Gasteiger partial charge on any atom is -0.506 e. The number of rotatable bonds is 2. The highest BCUT2D eigenvalue weighted by molar-refractivity contribution is 5.98. The molecule has 0 amide bonds. The van der Waals surface area contributed by atoms with Crippen LogP contribution in [0.2, 0.25) is 0 Å². The summed E-state index contributed by atoms with van der Waals surface area (Å²) >= 11 is 0. The number of carbonyl (C=O) groups is 1. The van der Waals surface area contributed by atoms with Gasteiger partial charge in [-0.3, -0.25) is 4.79 Å². The van der Waals surface area contributed by atoms with Gasteiger partial charge >= 0.3 is 0 Å². The van der Waals surface area contributed by atoms with Crippen LogP contribution in [-0.4, -0.2) is 16.0 Å². The lowest BCUT2D eigenvalue weighted by atomic mass is 10.0. The molecule has 0 spiro atoms. The largest absolute Gasteiger partial charge is 0.506 e. The van der Waals surface area contributed by atoms with E-state index in [1.165, 1.54) is 0 Å². The first-order valence-electron chi connectivity index (χ1n) is 7.47. The second-order valence-electron chi connectivity index (χ2n) is 5.73. The van der Waals surface area contributed by atoms with Gasteiger partial charge in [0.05, 0.1) is 11.2 Å². The van der Waals surface area contributed by atoms with Crippen LogP contribution in [0.25, 0.3) is 27.4 Å². The fraction of sp³-hybridized carbons (Fsp3) is 0.0500. The van der Waals surface area contributed by atoms with Crippen LogP contribution in [0.4, 0.5) is 0 Å².